The first kappa shape index (κ1) is 21.5. The summed E-state index contributed by atoms with van der Waals surface area (Å²) in [6.07, 6.45) is 5.86. The maximum absolute atomic E-state index is 13.1. The van der Waals surface area contributed by atoms with Crippen molar-refractivity contribution in [1.29, 1.82) is 0 Å². The molecule has 0 aliphatic heterocycles. The van der Waals surface area contributed by atoms with Crippen LogP contribution in [0.25, 0.3) is 0 Å². The molecule has 0 saturated carbocycles. The molecule has 0 saturated heterocycles. The van der Waals surface area contributed by atoms with Crippen molar-refractivity contribution in [2.45, 2.75) is 32.6 Å². The number of nitrogens with one attached hydrogen (secondary N) is 1. The van der Waals surface area contributed by atoms with E-state index in [1.165, 1.54) is 11.8 Å². The molecule has 1 aliphatic carbocycles. The Morgan fingerprint density at radius 3 is 2.65 bits per heavy atom. The van der Waals surface area contributed by atoms with E-state index in [0.717, 1.165) is 47.5 Å². The van der Waals surface area contributed by atoms with Crippen LogP contribution in [0.2, 0.25) is 0 Å². The lowest BCUT2D eigenvalue weighted by atomic mass is 9.95. The van der Waals surface area contributed by atoms with E-state index in [1.807, 2.05) is 42.5 Å². The summed E-state index contributed by atoms with van der Waals surface area (Å²) in [4.78, 5) is 30.3. The number of aryl methyl sites for hydroxylation is 1. The van der Waals surface area contributed by atoms with E-state index in [0.29, 0.717) is 15.8 Å². The minimum absolute atomic E-state index is 0.121. The number of carbonyl (C=O) groups is 2. The predicted octanol–water partition coefficient (Wildman–Crippen LogP) is 6.32. The number of amides is 1. The number of nitrogens with zero attached hydrogens (tertiary/aromatic N) is 1. The fourth-order valence-corrected chi connectivity index (χ4v) is 5.27. The average molecular weight is 497 g/mol. The van der Waals surface area contributed by atoms with Gasteiger partial charge in [-0.3, -0.25) is 9.59 Å². The number of rotatable bonds is 5. The molecule has 4 rings (SSSR count). The molecule has 0 radical (unpaired) electrons. The fourth-order valence-electron chi connectivity index (χ4n) is 3.56. The highest BCUT2D eigenvalue weighted by Gasteiger charge is 2.25. The van der Waals surface area contributed by atoms with Crippen molar-refractivity contribution in [3.8, 4) is 5.75 Å². The Morgan fingerprint density at radius 2 is 1.90 bits per heavy atom. The molecule has 31 heavy (non-hydrogen) atoms. The normalized spacial score (nSPS) is 13.1. The molecule has 1 amide bonds. The number of anilines is 1. The molecule has 1 aromatic heterocycles. The topological polar surface area (TPSA) is 67.8 Å². The quantitative estimate of drug-likeness (QED) is 0.255. The van der Waals surface area contributed by atoms with Gasteiger partial charge in [0.2, 0.25) is 0 Å². The predicted molar refractivity (Wildman–Crippen MR) is 128 cm³/mol. The van der Waals surface area contributed by atoms with Crippen LogP contribution in [0.5, 0.6) is 5.75 Å². The Bertz CT molecular complexity index is 1160. The largest absolute Gasteiger partial charge is 0.426 e. The Balaban J connectivity index is 1.63. The molecule has 0 fully saturated rings. The second kappa shape index (κ2) is 9.58. The van der Waals surface area contributed by atoms with Crippen molar-refractivity contribution in [1.82, 2.24) is 0 Å². The van der Waals surface area contributed by atoms with E-state index in [-0.39, 0.29) is 11.9 Å². The van der Waals surface area contributed by atoms with E-state index < -0.39 is 0 Å². The number of benzene rings is 2. The maximum Gasteiger partial charge on any atom is 0.308 e. The lowest BCUT2D eigenvalue weighted by Gasteiger charge is -2.12. The lowest BCUT2D eigenvalue weighted by Crippen LogP contribution is -2.14. The molecule has 1 aliphatic rings. The summed E-state index contributed by atoms with van der Waals surface area (Å²) in [5, 5.41) is 3.73. The number of para-hydroxylation sites is 1. The van der Waals surface area contributed by atoms with Crippen molar-refractivity contribution in [3.63, 3.8) is 0 Å². The number of ether oxygens (including phenoxy) is 1. The molecule has 3 aromatic rings. The zero-order chi connectivity index (χ0) is 21.8. The summed E-state index contributed by atoms with van der Waals surface area (Å²) in [6.45, 7) is 1.36. The van der Waals surface area contributed by atoms with Gasteiger partial charge < -0.3 is 10.1 Å². The van der Waals surface area contributed by atoms with Crippen LogP contribution in [0.1, 0.15) is 46.1 Å². The van der Waals surface area contributed by atoms with E-state index in [9.17, 15) is 9.59 Å². The molecule has 2 aromatic carbocycles. The van der Waals surface area contributed by atoms with Crippen LogP contribution in [-0.4, -0.2) is 18.1 Å². The van der Waals surface area contributed by atoms with Crippen molar-refractivity contribution >= 4 is 56.0 Å². The number of halogens is 1. The van der Waals surface area contributed by atoms with Gasteiger partial charge in [-0.05, 0) is 83.1 Å². The minimum Gasteiger partial charge on any atom is -0.426 e. The highest BCUT2D eigenvalue weighted by Crippen LogP contribution is 2.40. The molecular formula is C24H21BrN2O3S. The van der Waals surface area contributed by atoms with Crippen molar-refractivity contribution in [2.24, 2.45) is 4.99 Å². The molecule has 0 unspecified atom stereocenters. The van der Waals surface area contributed by atoms with E-state index >= 15 is 0 Å². The van der Waals surface area contributed by atoms with E-state index in [4.69, 9.17) is 4.74 Å². The zero-order valence-corrected chi connectivity index (χ0v) is 19.4. The van der Waals surface area contributed by atoms with Gasteiger partial charge in [-0.25, -0.2) is 4.99 Å². The number of hydrogen-bond donors (Lipinski definition) is 1. The number of carbonyl (C=O) groups excluding carboxylic acids is 2. The van der Waals surface area contributed by atoms with Crippen molar-refractivity contribution in [3.05, 3.63) is 74.6 Å². The Hall–Kier alpha value is -2.77. The van der Waals surface area contributed by atoms with Crippen molar-refractivity contribution in [2.75, 3.05) is 5.32 Å². The van der Waals surface area contributed by atoms with Gasteiger partial charge in [0.15, 0.2) is 0 Å². The summed E-state index contributed by atoms with van der Waals surface area (Å²) < 4.78 is 5.81. The monoisotopic (exact) mass is 496 g/mol. The first-order valence-electron chi connectivity index (χ1n) is 10.0. The van der Waals surface area contributed by atoms with E-state index in [1.54, 1.807) is 23.6 Å². The Morgan fingerprint density at radius 1 is 1.13 bits per heavy atom. The van der Waals surface area contributed by atoms with Crippen LogP contribution in [0.4, 0.5) is 10.7 Å². The molecule has 1 heterocycles. The standard InChI is InChI=1S/C24H21BrN2O3S/c1-15(28)30-20-12-11-16(13-19(20)25)14-26-24-22(18-9-5-6-10-21(18)31-24)23(29)27-17-7-3-2-4-8-17/h2-4,7-8,11-14H,5-6,9-10H2,1H3,(H,27,29). The van der Waals surface area contributed by atoms with Gasteiger partial charge in [-0.15, -0.1) is 11.3 Å². The van der Waals surface area contributed by atoms with Crippen LogP contribution in [0, 0.1) is 0 Å². The van der Waals surface area contributed by atoms with Crippen LogP contribution in [0.3, 0.4) is 0 Å². The summed E-state index contributed by atoms with van der Waals surface area (Å²) in [6, 6.07) is 14.8. The molecule has 7 heteroatoms. The second-order valence-electron chi connectivity index (χ2n) is 7.25. The van der Waals surface area contributed by atoms with Gasteiger partial charge in [0.1, 0.15) is 10.8 Å². The van der Waals surface area contributed by atoms with Gasteiger partial charge in [0.25, 0.3) is 5.91 Å². The third kappa shape index (κ3) is 5.11. The summed E-state index contributed by atoms with van der Waals surface area (Å²) >= 11 is 5.02. The SMILES string of the molecule is CC(=O)Oc1ccc(C=Nc2sc3c(c2C(=O)Nc2ccccc2)CCCC3)cc1Br. The van der Waals surface area contributed by atoms with Crippen LogP contribution in [0.15, 0.2) is 58.0 Å². The number of aliphatic imine (C=N–C) groups is 1. The molecule has 0 spiro atoms. The van der Waals surface area contributed by atoms with Gasteiger partial charge in [-0.1, -0.05) is 18.2 Å². The summed E-state index contributed by atoms with van der Waals surface area (Å²) in [5.41, 5.74) is 3.41. The average Bonchev–Trinajstić information content (AvgIpc) is 3.13. The Kier molecular flexibility index (Phi) is 6.63. The van der Waals surface area contributed by atoms with Crippen LogP contribution < -0.4 is 10.1 Å². The number of esters is 1. The molecule has 5 nitrogen and oxygen atoms in total. The zero-order valence-electron chi connectivity index (χ0n) is 17.0. The highest BCUT2D eigenvalue weighted by atomic mass is 79.9. The molecule has 1 N–H and O–H groups in total. The van der Waals surface area contributed by atoms with E-state index in [2.05, 4.69) is 26.2 Å². The smallest absolute Gasteiger partial charge is 0.308 e. The van der Waals surface area contributed by atoms with Crippen LogP contribution >= 0.6 is 27.3 Å². The first-order chi connectivity index (χ1) is 15.0. The fraction of sp³-hybridized carbons (Fsp3) is 0.208. The minimum atomic E-state index is -0.375. The first-order valence-corrected chi connectivity index (χ1v) is 11.6. The number of hydrogen-bond acceptors (Lipinski definition) is 5. The number of thiophene rings is 1. The summed E-state index contributed by atoms with van der Waals surface area (Å²) in [5.74, 6) is -0.0383. The van der Waals surface area contributed by atoms with Gasteiger partial charge in [0, 0.05) is 23.7 Å². The molecular weight excluding hydrogens is 476 g/mol. The van der Waals surface area contributed by atoms with Gasteiger partial charge in [-0.2, -0.15) is 0 Å². The molecule has 0 bridgehead atoms. The van der Waals surface area contributed by atoms with Crippen LogP contribution in [-0.2, 0) is 17.6 Å². The van der Waals surface area contributed by atoms with Gasteiger partial charge in [0.05, 0.1) is 10.0 Å². The third-order valence-corrected chi connectivity index (χ3v) is 6.77. The Labute approximate surface area is 193 Å². The second-order valence-corrected chi connectivity index (χ2v) is 9.19. The summed E-state index contributed by atoms with van der Waals surface area (Å²) in [7, 11) is 0. The molecule has 158 valence electrons. The number of fused-ring (bicyclic) bond motifs is 1. The lowest BCUT2D eigenvalue weighted by molar-refractivity contribution is -0.131. The third-order valence-electron chi connectivity index (χ3n) is 4.95. The molecule has 0 atom stereocenters. The van der Waals surface area contributed by atoms with Crippen molar-refractivity contribution < 1.29 is 14.3 Å². The maximum atomic E-state index is 13.1. The van der Waals surface area contributed by atoms with Gasteiger partial charge >= 0.3 is 5.97 Å². The highest BCUT2D eigenvalue weighted by molar-refractivity contribution is 9.10.